The molecule has 0 saturated carbocycles. The minimum Gasteiger partial charge on any atom is -0.396 e. The van der Waals surface area contributed by atoms with Gasteiger partial charge in [-0.15, -0.1) is 0 Å². The quantitative estimate of drug-likeness (QED) is 0.541. The maximum Gasteiger partial charge on any atom is 0.0453 e. The van der Waals surface area contributed by atoms with Gasteiger partial charge in [-0.05, 0) is 5.92 Å². The molecule has 0 fully saturated rings. The molecule has 0 spiro atoms. The van der Waals surface area contributed by atoms with Crippen molar-refractivity contribution < 1.29 is 5.11 Å². The molecular weight excluding hydrogens is 88.1 g/mol. The van der Waals surface area contributed by atoms with Crippen LogP contribution in [0.2, 0.25) is 0 Å². The fraction of sp³-hybridized carbons (Fsp3) is 1.00. The summed E-state index contributed by atoms with van der Waals surface area (Å²) in [5.41, 5.74) is 0. The van der Waals surface area contributed by atoms with Crippen LogP contribution in [0.25, 0.3) is 0 Å². The second-order valence-electron chi connectivity index (χ2n) is 1.58. The van der Waals surface area contributed by atoms with Crippen LogP contribution in [-0.4, -0.2) is 11.7 Å². The third-order valence-corrected chi connectivity index (χ3v) is 0.365. The Balaban J connectivity index is -0.0000000800. The Hall–Kier alpha value is -0.0400. The van der Waals surface area contributed by atoms with E-state index < -0.39 is 0 Å². The second kappa shape index (κ2) is 9.35. The van der Waals surface area contributed by atoms with E-state index in [-0.39, 0.29) is 14.9 Å². The summed E-state index contributed by atoms with van der Waals surface area (Å²) in [6, 6.07) is 0. The van der Waals surface area contributed by atoms with Crippen molar-refractivity contribution in [2.45, 2.75) is 28.7 Å². The Morgan fingerprint density at radius 3 is 1.43 bits per heavy atom. The van der Waals surface area contributed by atoms with Gasteiger partial charge in [0.05, 0.1) is 0 Å². The van der Waals surface area contributed by atoms with E-state index >= 15 is 0 Å². The lowest BCUT2D eigenvalue weighted by Crippen LogP contribution is -1.90. The summed E-state index contributed by atoms with van der Waals surface area (Å²) in [5, 5.41) is 8.14. The van der Waals surface area contributed by atoms with Crippen molar-refractivity contribution in [3.05, 3.63) is 0 Å². The first-order valence-corrected chi connectivity index (χ1v) is 1.88. The molecule has 0 radical (unpaired) electrons. The summed E-state index contributed by atoms with van der Waals surface area (Å²) >= 11 is 0. The maximum atomic E-state index is 8.14. The van der Waals surface area contributed by atoms with Crippen molar-refractivity contribution in [2.75, 3.05) is 6.61 Å². The van der Waals surface area contributed by atoms with E-state index in [1.807, 2.05) is 13.8 Å². The third-order valence-electron chi connectivity index (χ3n) is 0.365. The molecule has 7 heavy (non-hydrogen) atoms. The molecule has 0 saturated heterocycles. The van der Waals surface area contributed by atoms with Gasteiger partial charge >= 0.3 is 0 Å². The second-order valence-corrected chi connectivity index (χ2v) is 1.58. The molecule has 48 valence electrons. The fourth-order valence-electron chi connectivity index (χ4n) is 0. The van der Waals surface area contributed by atoms with Crippen LogP contribution < -0.4 is 0 Å². The minimum absolute atomic E-state index is 0. The first-order valence-electron chi connectivity index (χ1n) is 1.88. The number of aliphatic hydroxyl groups excluding tert-OH is 1. The lowest BCUT2D eigenvalue weighted by molar-refractivity contribution is 0.248. The number of hydrogen-bond donors (Lipinski definition) is 1. The lowest BCUT2D eigenvalue weighted by Gasteiger charge is -1.90. The van der Waals surface area contributed by atoms with E-state index in [0.29, 0.717) is 12.5 Å². The highest BCUT2D eigenvalue weighted by Gasteiger charge is 1.81. The number of rotatable bonds is 1. The Kier molecular flexibility index (Phi) is 21.1. The van der Waals surface area contributed by atoms with Crippen molar-refractivity contribution in [2.24, 2.45) is 5.92 Å². The summed E-state index contributed by atoms with van der Waals surface area (Å²) in [6.45, 7) is 4.25. The van der Waals surface area contributed by atoms with E-state index in [1.165, 1.54) is 0 Å². The van der Waals surface area contributed by atoms with Crippen LogP contribution in [0.5, 0.6) is 0 Å². The van der Waals surface area contributed by atoms with Crippen molar-refractivity contribution in [3.8, 4) is 0 Å². The molecule has 0 bridgehead atoms. The molecule has 0 aliphatic rings. The zero-order chi connectivity index (χ0) is 4.28. The van der Waals surface area contributed by atoms with Crippen molar-refractivity contribution in [1.82, 2.24) is 0 Å². The summed E-state index contributed by atoms with van der Waals surface area (Å²) in [4.78, 5) is 0. The molecule has 0 aromatic rings. The van der Waals surface area contributed by atoms with Crippen LogP contribution in [0.3, 0.4) is 0 Å². The summed E-state index contributed by atoms with van der Waals surface area (Å²) in [5.74, 6) is 0.440. The van der Waals surface area contributed by atoms with Gasteiger partial charge in [0.15, 0.2) is 0 Å². The number of hydrogen-bond acceptors (Lipinski definition) is 1. The Bertz CT molecular complexity index is 18.1. The fourth-order valence-corrected chi connectivity index (χ4v) is 0. The van der Waals surface area contributed by atoms with Gasteiger partial charge in [0.25, 0.3) is 0 Å². The van der Waals surface area contributed by atoms with Gasteiger partial charge in [-0.1, -0.05) is 28.7 Å². The van der Waals surface area contributed by atoms with Gasteiger partial charge in [0.2, 0.25) is 0 Å². The molecule has 0 rings (SSSR count). The van der Waals surface area contributed by atoms with Crippen LogP contribution in [0.4, 0.5) is 0 Å². The van der Waals surface area contributed by atoms with Crippen LogP contribution in [0.15, 0.2) is 0 Å². The van der Waals surface area contributed by atoms with E-state index in [1.54, 1.807) is 0 Å². The average molecular weight is 106 g/mol. The number of aliphatic hydroxyl groups is 1. The standard InChI is InChI=1S/C4H10O.2CH4/c1-4(2)3-5;;/h4-5H,3H2,1-2H3;2*1H4. The van der Waals surface area contributed by atoms with Gasteiger partial charge in [0.1, 0.15) is 0 Å². The van der Waals surface area contributed by atoms with Gasteiger partial charge in [0, 0.05) is 6.61 Å². The molecule has 1 N–H and O–H groups in total. The normalized spacial score (nSPS) is 6.86. The zero-order valence-corrected chi connectivity index (χ0v) is 3.73. The van der Waals surface area contributed by atoms with Crippen molar-refractivity contribution in [1.29, 1.82) is 0 Å². The predicted octanol–water partition coefficient (Wildman–Crippen LogP) is 1.91. The highest BCUT2D eigenvalue weighted by Crippen LogP contribution is 1.83. The van der Waals surface area contributed by atoms with Gasteiger partial charge in [-0.3, -0.25) is 0 Å². The average Bonchev–Trinajstić information content (AvgIpc) is 1.38. The monoisotopic (exact) mass is 106 g/mol. The highest BCUT2D eigenvalue weighted by molar-refractivity contribution is 4.32. The van der Waals surface area contributed by atoms with E-state index in [9.17, 15) is 0 Å². The third kappa shape index (κ3) is 24.3. The van der Waals surface area contributed by atoms with Gasteiger partial charge < -0.3 is 5.11 Å². The Morgan fingerprint density at radius 1 is 1.29 bits per heavy atom. The zero-order valence-electron chi connectivity index (χ0n) is 3.73. The van der Waals surface area contributed by atoms with Crippen LogP contribution in [0.1, 0.15) is 28.7 Å². The maximum absolute atomic E-state index is 8.14. The molecular formula is C6H18O. The van der Waals surface area contributed by atoms with Gasteiger partial charge in [-0.2, -0.15) is 0 Å². The molecule has 0 aliphatic heterocycles. The minimum atomic E-state index is 0. The molecule has 0 aliphatic carbocycles. The summed E-state index contributed by atoms with van der Waals surface area (Å²) in [6.07, 6.45) is 0. The largest absolute Gasteiger partial charge is 0.396 e. The summed E-state index contributed by atoms with van der Waals surface area (Å²) < 4.78 is 0. The van der Waals surface area contributed by atoms with Crippen molar-refractivity contribution >= 4 is 0 Å². The SMILES string of the molecule is C.C.CC(C)CO. The Morgan fingerprint density at radius 2 is 1.43 bits per heavy atom. The molecule has 0 heterocycles. The predicted molar refractivity (Wildman–Crippen MR) is 35.4 cm³/mol. The van der Waals surface area contributed by atoms with Crippen molar-refractivity contribution in [3.63, 3.8) is 0 Å². The highest BCUT2D eigenvalue weighted by atomic mass is 16.3. The van der Waals surface area contributed by atoms with Gasteiger partial charge in [-0.25, -0.2) is 0 Å². The molecule has 1 heteroatoms. The van der Waals surface area contributed by atoms with Crippen LogP contribution >= 0.6 is 0 Å². The molecule has 0 amide bonds. The molecule has 1 nitrogen and oxygen atoms in total. The first-order chi connectivity index (χ1) is 2.27. The smallest absolute Gasteiger partial charge is 0.0453 e. The molecule has 0 atom stereocenters. The van der Waals surface area contributed by atoms with E-state index in [2.05, 4.69) is 0 Å². The molecule has 0 aromatic carbocycles. The molecule has 0 aromatic heterocycles. The summed E-state index contributed by atoms with van der Waals surface area (Å²) in [7, 11) is 0. The first kappa shape index (κ1) is 15.8. The Labute approximate surface area is 47.4 Å². The van der Waals surface area contributed by atoms with Crippen LogP contribution in [-0.2, 0) is 0 Å². The van der Waals surface area contributed by atoms with E-state index in [4.69, 9.17) is 5.11 Å². The molecule has 0 unspecified atom stereocenters. The van der Waals surface area contributed by atoms with E-state index in [0.717, 1.165) is 0 Å². The lowest BCUT2D eigenvalue weighted by atomic mass is 10.2. The van der Waals surface area contributed by atoms with Crippen LogP contribution in [0, 0.1) is 5.92 Å². The topological polar surface area (TPSA) is 20.2 Å².